The smallest absolute Gasteiger partial charge is 0.373 e. The largest absolute Gasteiger partial charge is 0.475 e. The number of aryl methyl sites for hydroxylation is 1. The van der Waals surface area contributed by atoms with E-state index >= 15 is 0 Å². The number of hydrogen-bond acceptors (Lipinski definition) is 3. The lowest BCUT2D eigenvalue weighted by Gasteiger charge is -2.06. The predicted octanol–water partition coefficient (Wildman–Crippen LogP) is 4.49. The summed E-state index contributed by atoms with van der Waals surface area (Å²) in [7, 11) is 0. The molecule has 1 heterocycles. The maximum Gasteiger partial charge on any atom is 0.373 e. The monoisotopic (exact) mass is 316 g/mol. The summed E-state index contributed by atoms with van der Waals surface area (Å²) in [4.78, 5) is 18.2. The van der Waals surface area contributed by atoms with E-state index in [2.05, 4.69) is 16.9 Å². The lowest BCUT2D eigenvalue weighted by atomic mass is 10.0. The van der Waals surface area contributed by atoms with Crippen molar-refractivity contribution in [1.29, 1.82) is 0 Å². The zero-order valence-electron chi connectivity index (χ0n) is 13.3. The van der Waals surface area contributed by atoms with Crippen molar-refractivity contribution in [2.75, 3.05) is 0 Å². The van der Waals surface area contributed by atoms with Gasteiger partial charge in [0.1, 0.15) is 5.82 Å². The topological polar surface area (TPSA) is 63.1 Å². The van der Waals surface area contributed by atoms with Crippen molar-refractivity contribution < 1.29 is 14.3 Å². The summed E-state index contributed by atoms with van der Waals surface area (Å²) >= 11 is 0. The van der Waals surface area contributed by atoms with Gasteiger partial charge in [-0.25, -0.2) is 19.2 Å². The van der Waals surface area contributed by atoms with Crippen molar-refractivity contribution in [2.24, 2.45) is 0 Å². The fraction of sp³-hybridized carbons (Fsp3) is 0.389. The molecule has 0 amide bonds. The van der Waals surface area contributed by atoms with E-state index in [9.17, 15) is 9.18 Å². The molecule has 122 valence electrons. The molecule has 0 aliphatic rings. The zero-order chi connectivity index (χ0) is 16.7. The second kappa shape index (κ2) is 8.36. The van der Waals surface area contributed by atoms with E-state index in [1.165, 1.54) is 38.1 Å². The van der Waals surface area contributed by atoms with Gasteiger partial charge in [0.2, 0.25) is 5.82 Å². The van der Waals surface area contributed by atoms with Crippen molar-refractivity contribution in [3.8, 4) is 11.1 Å². The standard InChI is InChI=1S/C18H21FN2O2/c1-2-3-4-5-6-7-13-8-9-15(16(19)10-13)14-11-20-17(18(22)23)21-12-14/h8-12H,2-7H2,1H3,(H,22,23). The lowest BCUT2D eigenvalue weighted by molar-refractivity contribution is 0.0683. The third kappa shape index (κ3) is 4.84. The van der Waals surface area contributed by atoms with Crippen LogP contribution in [0.5, 0.6) is 0 Å². The summed E-state index contributed by atoms with van der Waals surface area (Å²) in [6.07, 6.45) is 9.46. The number of nitrogens with zero attached hydrogens (tertiary/aromatic N) is 2. The van der Waals surface area contributed by atoms with Crippen molar-refractivity contribution in [3.63, 3.8) is 0 Å². The van der Waals surface area contributed by atoms with Crippen LogP contribution in [0.15, 0.2) is 30.6 Å². The molecule has 0 aliphatic carbocycles. The molecule has 23 heavy (non-hydrogen) atoms. The molecule has 2 aromatic rings. The molecule has 1 N–H and O–H groups in total. The minimum absolute atomic E-state index is 0.294. The summed E-state index contributed by atoms with van der Waals surface area (Å²) in [6, 6.07) is 5.15. The highest BCUT2D eigenvalue weighted by Gasteiger charge is 2.10. The third-order valence-electron chi connectivity index (χ3n) is 3.76. The fourth-order valence-electron chi connectivity index (χ4n) is 2.46. The number of carbonyl (C=O) groups is 1. The molecule has 0 radical (unpaired) electrons. The number of hydrogen-bond donors (Lipinski definition) is 1. The van der Waals surface area contributed by atoms with Crippen LogP contribution in [0.4, 0.5) is 4.39 Å². The maximum atomic E-state index is 14.3. The molecular formula is C18H21FN2O2. The normalized spacial score (nSPS) is 10.7. The van der Waals surface area contributed by atoms with Gasteiger partial charge in [-0.05, 0) is 24.5 Å². The van der Waals surface area contributed by atoms with Gasteiger partial charge < -0.3 is 5.11 Å². The van der Waals surface area contributed by atoms with E-state index in [0.717, 1.165) is 18.4 Å². The van der Waals surface area contributed by atoms with Crippen LogP contribution in [-0.4, -0.2) is 21.0 Å². The molecule has 0 saturated heterocycles. The van der Waals surface area contributed by atoms with Crippen molar-refractivity contribution in [3.05, 3.63) is 47.8 Å². The highest BCUT2D eigenvalue weighted by Crippen LogP contribution is 2.23. The molecule has 0 fully saturated rings. The van der Waals surface area contributed by atoms with E-state index in [1.54, 1.807) is 12.1 Å². The van der Waals surface area contributed by atoms with Gasteiger partial charge in [0.25, 0.3) is 0 Å². The Morgan fingerprint density at radius 2 is 1.83 bits per heavy atom. The molecule has 5 heteroatoms. The molecule has 0 unspecified atom stereocenters. The first kappa shape index (κ1) is 17.1. The van der Waals surface area contributed by atoms with Gasteiger partial charge in [-0.1, -0.05) is 44.7 Å². The van der Waals surface area contributed by atoms with E-state index < -0.39 is 5.97 Å². The van der Waals surface area contributed by atoms with Crippen LogP contribution in [0.3, 0.4) is 0 Å². The fourth-order valence-corrected chi connectivity index (χ4v) is 2.46. The predicted molar refractivity (Wildman–Crippen MR) is 86.8 cm³/mol. The van der Waals surface area contributed by atoms with Crippen molar-refractivity contribution in [1.82, 2.24) is 9.97 Å². The minimum atomic E-state index is -1.20. The van der Waals surface area contributed by atoms with Crippen LogP contribution in [0.25, 0.3) is 11.1 Å². The summed E-state index contributed by atoms with van der Waals surface area (Å²) in [5.41, 5.74) is 1.84. The minimum Gasteiger partial charge on any atom is -0.475 e. The Bertz CT molecular complexity index is 657. The van der Waals surface area contributed by atoms with Crippen LogP contribution < -0.4 is 0 Å². The van der Waals surface area contributed by atoms with E-state index in [0.29, 0.717) is 11.1 Å². The number of aromatic carboxylic acids is 1. The number of carboxylic acid groups (broad SMARTS) is 1. The summed E-state index contributed by atoms with van der Waals surface area (Å²) in [5, 5.41) is 8.77. The van der Waals surface area contributed by atoms with Crippen LogP contribution >= 0.6 is 0 Å². The summed E-state index contributed by atoms with van der Waals surface area (Å²) in [6.45, 7) is 2.18. The molecule has 0 spiro atoms. The van der Waals surface area contributed by atoms with Gasteiger partial charge in [-0.2, -0.15) is 0 Å². The van der Waals surface area contributed by atoms with Gasteiger partial charge >= 0.3 is 5.97 Å². The van der Waals surface area contributed by atoms with Gasteiger partial charge in [0.15, 0.2) is 0 Å². The Kier molecular flexibility index (Phi) is 6.20. The number of unbranched alkanes of at least 4 members (excludes halogenated alkanes) is 4. The first-order valence-electron chi connectivity index (χ1n) is 7.96. The SMILES string of the molecule is CCCCCCCc1ccc(-c2cnc(C(=O)O)nc2)c(F)c1. The van der Waals surface area contributed by atoms with E-state index in [1.807, 2.05) is 6.07 Å². The Labute approximate surface area is 135 Å². The first-order chi connectivity index (χ1) is 11.1. The van der Waals surface area contributed by atoms with Crippen molar-refractivity contribution in [2.45, 2.75) is 45.4 Å². The summed E-state index contributed by atoms with van der Waals surface area (Å²) in [5.74, 6) is -1.82. The highest BCUT2D eigenvalue weighted by atomic mass is 19.1. The first-order valence-corrected chi connectivity index (χ1v) is 7.96. The average molecular weight is 316 g/mol. The highest BCUT2D eigenvalue weighted by molar-refractivity contribution is 5.83. The maximum absolute atomic E-state index is 14.3. The second-order valence-electron chi connectivity index (χ2n) is 5.58. The van der Waals surface area contributed by atoms with E-state index in [4.69, 9.17) is 5.11 Å². The molecule has 1 aromatic carbocycles. The Hall–Kier alpha value is -2.30. The zero-order valence-corrected chi connectivity index (χ0v) is 13.3. The molecule has 4 nitrogen and oxygen atoms in total. The second-order valence-corrected chi connectivity index (χ2v) is 5.58. The molecular weight excluding hydrogens is 295 g/mol. The van der Waals surface area contributed by atoms with Gasteiger partial charge in [-0.15, -0.1) is 0 Å². The van der Waals surface area contributed by atoms with E-state index in [-0.39, 0.29) is 11.6 Å². The Balaban J connectivity index is 2.02. The number of rotatable bonds is 8. The van der Waals surface area contributed by atoms with Crippen LogP contribution in [0.2, 0.25) is 0 Å². The van der Waals surface area contributed by atoms with Gasteiger partial charge in [-0.3, -0.25) is 0 Å². The molecule has 1 aromatic heterocycles. The van der Waals surface area contributed by atoms with Crippen LogP contribution in [0, 0.1) is 5.82 Å². The number of halogens is 1. The average Bonchev–Trinajstić information content (AvgIpc) is 2.55. The van der Waals surface area contributed by atoms with Crippen molar-refractivity contribution >= 4 is 5.97 Å². The molecule has 2 rings (SSSR count). The third-order valence-corrected chi connectivity index (χ3v) is 3.76. The molecule has 0 aliphatic heterocycles. The van der Waals surface area contributed by atoms with Gasteiger partial charge in [0, 0.05) is 23.5 Å². The van der Waals surface area contributed by atoms with Crippen LogP contribution in [0.1, 0.15) is 55.2 Å². The molecule has 0 bridgehead atoms. The van der Waals surface area contributed by atoms with Gasteiger partial charge in [0.05, 0.1) is 0 Å². The Morgan fingerprint density at radius 1 is 1.13 bits per heavy atom. The number of benzene rings is 1. The lowest BCUT2D eigenvalue weighted by Crippen LogP contribution is -2.03. The molecule has 0 saturated carbocycles. The summed E-state index contributed by atoms with van der Waals surface area (Å²) < 4.78 is 14.3. The molecule has 0 atom stereocenters. The number of carboxylic acids is 1. The number of aromatic nitrogens is 2. The Morgan fingerprint density at radius 3 is 2.43 bits per heavy atom. The quantitative estimate of drug-likeness (QED) is 0.729. The van der Waals surface area contributed by atoms with Crippen LogP contribution in [-0.2, 0) is 6.42 Å².